The molecule has 0 amide bonds. The van der Waals surface area contributed by atoms with Gasteiger partial charge in [0, 0.05) is 17.3 Å². The van der Waals surface area contributed by atoms with Crippen molar-refractivity contribution in [2.75, 3.05) is 7.11 Å². The van der Waals surface area contributed by atoms with Crippen LogP contribution < -0.4 is 0 Å². The molecule has 1 heterocycles. The van der Waals surface area contributed by atoms with Crippen LogP contribution in [0.2, 0.25) is 0 Å². The number of carbonyl (C=O) groups is 1. The molecule has 3 rings (SSSR count). The maximum Gasteiger partial charge on any atom is 0.360 e. The Morgan fingerprint density at radius 1 is 1.11 bits per heavy atom. The van der Waals surface area contributed by atoms with Crippen LogP contribution in [0.3, 0.4) is 0 Å². The number of rotatable bonds is 5. The second-order valence-corrected chi connectivity index (χ2v) is 6.30. The maximum absolute atomic E-state index is 12.7. The predicted octanol–water partition coefficient (Wildman–Crippen LogP) is 4.74. The Kier molecular flexibility index (Phi) is 5.94. The molecule has 28 heavy (non-hydrogen) atoms. The van der Waals surface area contributed by atoms with E-state index in [9.17, 15) is 4.79 Å². The molecule has 0 unspecified atom stereocenters. The highest BCUT2D eigenvalue weighted by atomic mass is 16.5. The molecule has 0 atom stereocenters. The lowest BCUT2D eigenvalue weighted by Crippen LogP contribution is -2.29. The summed E-state index contributed by atoms with van der Waals surface area (Å²) in [4.78, 5) is 12.7. The molecule has 1 aliphatic heterocycles. The van der Waals surface area contributed by atoms with Gasteiger partial charge in [0.25, 0.3) is 0 Å². The number of nitrogens with zero attached hydrogens (tertiary/aromatic N) is 2. The van der Waals surface area contributed by atoms with E-state index in [0.29, 0.717) is 12.4 Å². The van der Waals surface area contributed by atoms with Crippen LogP contribution in [0.1, 0.15) is 36.1 Å². The molecule has 0 N–H and O–H groups in total. The van der Waals surface area contributed by atoms with Crippen LogP contribution in [0.5, 0.6) is 0 Å². The number of fused-ring (bicyclic) bond motifs is 1. The van der Waals surface area contributed by atoms with Crippen LogP contribution >= 0.6 is 0 Å². The molecule has 0 aliphatic carbocycles. The lowest BCUT2D eigenvalue weighted by Gasteiger charge is -2.32. The second-order valence-electron chi connectivity index (χ2n) is 6.30. The summed E-state index contributed by atoms with van der Waals surface area (Å²) < 4.78 is 11.3. The third kappa shape index (κ3) is 3.56. The first-order valence-electron chi connectivity index (χ1n) is 9.17. The molecule has 0 radical (unpaired) electrons. The number of methoxy groups -OCH3 is 1. The first-order valence-corrected chi connectivity index (χ1v) is 9.17. The van der Waals surface area contributed by atoms with E-state index in [2.05, 4.69) is 5.10 Å². The van der Waals surface area contributed by atoms with E-state index in [4.69, 9.17) is 9.47 Å². The van der Waals surface area contributed by atoms with Gasteiger partial charge in [-0.1, -0.05) is 54.6 Å². The summed E-state index contributed by atoms with van der Waals surface area (Å²) in [7, 11) is 1.36. The highest BCUT2D eigenvalue weighted by molar-refractivity contribution is 6.01. The van der Waals surface area contributed by atoms with Crippen LogP contribution in [0.25, 0.3) is 11.5 Å². The number of hydrogen-bond donors (Lipinski definition) is 0. The van der Waals surface area contributed by atoms with Crippen molar-refractivity contribution in [3.63, 3.8) is 0 Å². The molecule has 0 fully saturated rings. The lowest BCUT2D eigenvalue weighted by molar-refractivity contribution is -0.137. The Morgan fingerprint density at radius 2 is 1.86 bits per heavy atom. The quantitative estimate of drug-likeness (QED) is 0.559. The molecule has 2 aromatic rings. The van der Waals surface area contributed by atoms with Crippen molar-refractivity contribution in [1.29, 1.82) is 0 Å². The van der Waals surface area contributed by atoms with E-state index in [-0.39, 0.29) is 5.70 Å². The number of ether oxygens (including phenoxy) is 2. The van der Waals surface area contributed by atoms with Gasteiger partial charge in [0.05, 0.1) is 12.8 Å². The van der Waals surface area contributed by atoms with Crippen molar-refractivity contribution >= 4 is 23.6 Å². The van der Waals surface area contributed by atoms with E-state index >= 15 is 0 Å². The number of allylic oxidation sites excluding steroid dienone is 1. The van der Waals surface area contributed by atoms with Gasteiger partial charge in [-0.15, -0.1) is 0 Å². The molecule has 0 spiro atoms. The van der Waals surface area contributed by atoms with E-state index in [1.165, 1.54) is 7.11 Å². The Balaban J connectivity index is 2.21. The van der Waals surface area contributed by atoms with Crippen molar-refractivity contribution in [1.82, 2.24) is 5.01 Å². The maximum atomic E-state index is 12.7. The number of hydrazone groups is 1. The largest absolute Gasteiger partial charge is 0.486 e. The monoisotopic (exact) mass is 376 g/mol. The minimum atomic E-state index is -0.500. The molecule has 5 nitrogen and oxygen atoms in total. The fraction of sp³-hybridized carbons (Fsp3) is 0.217. The number of benzene rings is 2. The third-order valence-corrected chi connectivity index (χ3v) is 4.54. The van der Waals surface area contributed by atoms with Crippen LogP contribution in [-0.2, 0) is 20.9 Å². The fourth-order valence-corrected chi connectivity index (χ4v) is 3.30. The minimum absolute atomic E-state index is 0.266. The topological polar surface area (TPSA) is 51.1 Å². The summed E-state index contributed by atoms with van der Waals surface area (Å²) in [6.45, 7) is 6.10. The molecule has 0 saturated carbocycles. The SMILES string of the molecule is C/C=N\N1C(C(=O)OC)=C(OCc2ccccc2)c2cccc(C)c2/C1=C\C. The van der Waals surface area contributed by atoms with Crippen LogP contribution in [0.4, 0.5) is 0 Å². The molecular weight excluding hydrogens is 352 g/mol. The first kappa shape index (κ1) is 19.4. The van der Waals surface area contributed by atoms with E-state index in [1.807, 2.05) is 68.5 Å². The van der Waals surface area contributed by atoms with Gasteiger partial charge in [-0.05, 0) is 31.9 Å². The molecule has 2 aromatic carbocycles. The molecule has 144 valence electrons. The van der Waals surface area contributed by atoms with Gasteiger partial charge in [0.1, 0.15) is 6.61 Å². The Hall–Kier alpha value is -3.34. The van der Waals surface area contributed by atoms with Crippen LogP contribution in [0, 0.1) is 6.92 Å². The van der Waals surface area contributed by atoms with Crippen molar-refractivity contribution in [3.8, 4) is 0 Å². The van der Waals surface area contributed by atoms with Crippen molar-refractivity contribution < 1.29 is 14.3 Å². The Labute approximate surface area is 165 Å². The smallest absolute Gasteiger partial charge is 0.360 e. The predicted molar refractivity (Wildman–Crippen MR) is 111 cm³/mol. The van der Waals surface area contributed by atoms with E-state index in [0.717, 1.165) is 28.0 Å². The van der Waals surface area contributed by atoms with Gasteiger partial charge in [0.15, 0.2) is 11.5 Å². The fourth-order valence-electron chi connectivity index (χ4n) is 3.30. The molecule has 5 heteroatoms. The Morgan fingerprint density at radius 3 is 2.50 bits per heavy atom. The number of hydrogen-bond acceptors (Lipinski definition) is 5. The van der Waals surface area contributed by atoms with Crippen molar-refractivity contribution in [2.45, 2.75) is 27.4 Å². The van der Waals surface area contributed by atoms with Crippen LogP contribution in [0.15, 0.2) is 65.4 Å². The van der Waals surface area contributed by atoms with Gasteiger partial charge in [0.2, 0.25) is 0 Å². The van der Waals surface area contributed by atoms with Gasteiger partial charge >= 0.3 is 5.97 Å². The average molecular weight is 376 g/mol. The zero-order valence-corrected chi connectivity index (χ0v) is 16.6. The minimum Gasteiger partial charge on any atom is -0.486 e. The van der Waals surface area contributed by atoms with E-state index < -0.39 is 5.97 Å². The summed E-state index contributed by atoms with van der Waals surface area (Å²) in [5.74, 6) is -0.0363. The molecule has 0 saturated heterocycles. The highest BCUT2D eigenvalue weighted by Crippen LogP contribution is 2.41. The number of aryl methyl sites for hydroxylation is 1. The van der Waals surface area contributed by atoms with Gasteiger partial charge < -0.3 is 9.47 Å². The number of esters is 1. The third-order valence-electron chi connectivity index (χ3n) is 4.54. The summed E-state index contributed by atoms with van der Waals surface area (Å²) >= 11 is 0. The summed E-state index contributed by atoms with van der Waals surface area (Å²) in [5, 5.41) is 6.03. The summed E-state index contributed by atoms with van der Waals surface area (Å²) in [6, 6.07) is 15.8. The lowest BCUT2D eigenvalue weighted by atomic mass is 9.93. The zero-order valence-electron chi connectivity index (χ0n) is 16.6. The Bertz CT molecular complexity index is 959. The van der Waals surface area contributed by atoms with E-state index in [1.54, 1.807) is 18.1 Å². The van der Waals surface area contributed by atoms with Crippen molar-refractivity contribution in [3.05, 3.63) is 82.6 Å². The normalized spacial score (nSPS) is 15.1. The zero-order chi connectivity index (χ0) is 20.1. The number of carbonyl (C=O) groups excluding carboxylic acids is 1. The molecule has 0 aromatic heterocycles. The van der Waals surface area contributed by atoms with Gasteiger partial charge in [-0.3, -0.25) is 0 Å². The van der Waals surface area contributed by atoms with Crippen LogP contribution in [-0.4, -0.2) is 24.3 Å². The first-order chi connectivity index (χ1) is 13.6. The summed E-state index contributed by atoms with van der Waals surface area (Å²) in [5.41, 5.74) is 5.02. The van der Waals surface area contributed by atoms with Gasteiger partial charge in [-0.2, -0.15) is 5.10 Å². The molecule has 1 aliphatic rings. The van der Waals surface area contributed by atoms with Gasteiger partial charge in [-0.25, -0.2) is 9.80 Å². The molecular formula is C23H24N2O3. The molecule has 0 bridgehead atoms. The van der Waals surface area contributed by atoms with Crippen molar-refractivity contribution in [2.24, 2.45) is 5.10 Å². The average Bonchev–Trinajstić information content (AvgIpc) is 2.72. The second kappa shape index (κ2) is 8.57. The summed E-state index contributed by atoms with van der Waals surface area (Å²) in [6.07, 6.45) is 3.58. The highest BCUT2D eigenvalue weighted by Gasteiger charge is 2.35. The standard InChI is InChI=1S/C23H24N2O3/c1-5-19-20-16(3)11-10-14-18(20)22(28-15-17-12-8-7-9-13-17)21(23(26)27-4)25(19)24-6-2/h5-14H,15H2,1-4H3/b19-5+,24-6-.